The normalized spacial score (nSPS) is 17.1. The molecular formula is C27H29F3N4O5S. The van der Waals surface area contributed by atoms with E-state index in [0.29, 0.717) is 23.1 Å². The number of likely N-dealkylation sites (tertiary alicyclic amines) is 1. The maximum atomic E-state index is 13.5. The van der Waals surface area contributed by atoms with Gasteiger partial charge in [-0.05, 0) is 55.5 Å². The van der Waals surface area contributed by atoms with Gasteiger partial charge in [-0.1, -0.05) is 30.3 Å². The van der Waals surface area contributed by atoms with E-state index in [4.69, 9.17) is 4.52 Å². The Morgan fingerprint density at radius 3 is 2.52 bits per heavy atom. The van der Waals surface area contributed by atoms with Crippen molar-refractivity contribution in [1.29, 1.82) is 0 Å². The summed E-state index contributed by atoms with van der Waals surface area (Å²) in [7, 11) is 0. The van der Waals surface area contributed by atoms with Crippen LogP contribution in [0.3, 0.4) is 0 Å². The third-order valence-electron chi connectivity index (χ3n) is 7.01. The predicted molar refractivity (Wildman–Crippen MR) is 141 cm³/mol. The van der Waals surface area contributed by atoms with Crippen LogP contribution in [0.25, 0.3) is 10.1 Å². The average molecular weight is 579 g/mol. The number of hydrogen-bond acceptors (Lipinski definition) is 7. The number of rotatable bonds is 9. The van der Waals surface area contributed by atoms with Crippen molar-refractivity contribution in [3.63, 3.8) is 0 Å². The molecule has 13 heteroatoms. The highest BCUT2D eigenvalue weighted by Gasteiger charge is 2.46. The molecule has 2 N–H and O–H groups in total. The van der Waals surface area contributed by atoms with E-state index in [9.17, 15) is 32.3 Å². The van der Waals surface area contributed by atoms with Crippen LogP contribution in [0.1, 0.15) is 53.6 Å². The van der Waals surface area contributed by atoms with Crippen molar-refractivity contribution in [2.24, 2.45) is 0 Å². The fourth-order valence-electron chi connectivity index (χ4n) is 4.96. The van der Waals surface area contributed by atoms with Crippen LogP contribution in [0.2, 0.25) is 0 Å². The molecule has 0 saturated carbocycles. The molecule has 0 aliphatic carbocycles. The van der Waals surface area contributed by atoms with Gasteiger partial charge in [0.25, 0.3) is 11.7 Å². The van der Waals surface area contributed by atoms with Crippen LogP contribution in [0.5, 0.6) is 0 Å². The smallest absolute Gasteiger partial charge is 0.361 e. The summed E-state index contributed by atoms with van der Waals surface area (Å²) in [5, 5.41) is 11.1. The molecule has 1 aliphatic rings. The first-order valence-corrected chi connectivity index (χ1v) is 13.7. The second-order valence-corrected chi connectivity index (χ2v) is 10.6. The molecule has 0 radical (unpaired) electrons. The number of hydrogen-bond donors (Lipinski definition) is 2. The van der Waals surface area contributed by atoms with Gasteiger partial charge < -0.3 is 20.1 Å². The molecule has 3 amide bonds. The molecule has 214 valence electrons. The number of aromatic nitrogens is 1. The van der Waals surface area contributed by atoms with Crippen LogP contribution in [0.15, 0.2) is 34.2 Å². The van der Waals surface area contributed by atoms with Crippen molar-refractivity contribution in [3.05, 3.63) is 52.2 Å². The van der Waals surface area contributed by atoms with E-state index in [1.165, 1.54) is 16.2 Å². The van der Waals surface area contributed by atoms with Gasteiger partial charge in [-0.15, -0.1) is 11.3 Å². The van der Waals surface area contributed by atoms with E-state index < -0.39 is 47.8 Å². The molecule has 1 unspecified atom stereocenters. The summed E-state index contributed by atoms with van der Waals surface area (Å²) < 4.78 is 46.4. The molecule has 1 aromatic carbocycles. The van der Waals surface area contributed by atoms with Gasteiger partial charge in [0.15, 0.2) is 0 Å². The Balaban J connectivity index is 1.51. The molecule has 9 nitrogen and oxygen atoms in total. The van der Waals surface area contributed by atoms with Crippen molar-refractivity contribution < 1.29 is 36.9 Å². The first-order chi connectivity index (χ1) is 18.9. The number of halogens is 3. The van der Waals surface area contributed by atoms with Gasteiger partial charge in [-0.25, -0.2) is 0 Å². The zero-order valence-corrected chi connectivity index (χ0v) is 22.9. The first kappa shape index (κ1) is 29.2. The van der Waals surface area contributed by atoms with E-state index in [2.05, 4.69) is 15.8 Å². The lowest BCUT2D eigenvalue weighted by atomic mass is 10.0. The molecule has 1 aliphatic heterocycles. The van der Waals surface area contributed by atoms with Crippen LogP contribution < -0.4 is 10.6 Å². The number of aryl methyl sites for hydroxylation is 2. The van der Waals surface area contributed by atoms with Gasteiger partial charge in [-0.2, -0.15) is 13.2 Å². The van der Waals surface area contributed by atoms with Crippen molar-refractivity contribution in [2.45, 2.75) is 70.8 Å². The minimum absolute atomic E-state index is 0.182. The number of carbonyl (C=O) groups is 4. The number of ketones is 1. The van der Waals surface area contributed by atoms with Gasteiger partial charge in [0, 0.05) is 17.7 Å². The van der Waals surface area contributed by atoms with E-state index in [-0.39, 0.29) is 37.1 Å². The number of fused-ring (bicyclic) bond motifs is 1. The fraction of sp³-hybridized carbons (Fsp3) is 0.444. The summed E-state index contributed by atoms with van der Waals surface area (Å²) in [5.74, 6) is -3.72. The Hall–Kier alpha value is -3.74. The monoisotopic (exact) mass is 578 g/mol. The van der Waals surface area contributed by atoms with Crippen LogP contribution in [-0.2, 0) is 20.8 Å². The number of amides is 3. The Bertz CT molecular complexity index is 1410. The van der Waals surface area contributed by atoms with Gasteiger partial charge >= 0.3 is 6.18 Å². The highest BCUT2D eigenvalue weighted by molar-refractivity contribution is 7.17. The van der Waals surface area contributed by atoms with E-state index in [0.717, 1.165) is 4.70 Å². The Labute approximate surface area is 232 Å². The molecule has 3 aromatic rings. The zero-order valence-electron chi connectivity index (χ0n) is 22.1. The maximum Gasteiger partial charge on any atom is 0.452 e. The molecule has 1 fully saturated rings. The first-order valence-electron chi connectivity index (χ1n) is 12.8. The summed E-state index contributed by atoms with van der Waals surface area (Å²) in [6, 6.07) is 3.18. The summed E-state index contributed by atoms with van der Waals surface area (Å²) in [5.41, 5.74) is 1.07. The third kappa shape index (κ3) is 6.03. The molecule has 4 rings (SSSR count). The highest BCUT2D eigenvalue weighted by Crippen LogP contribution is 2.29. The topological polar surface area (TPSA) is 122 Å². The van der Waals surface area contributed by atoms with Gasteiger partial charge in [-0.3, -0.25) is 19.2 Å². The zero-order chi connectivity index (χ0) is 29.2. The van der Waals surface area contributed by atoms with E-state index >= 15 is 0 Å². The second-order valence-electron chi connectivity index (χ2n) is 9.71. The SMILES string of the molecule is CC[C@H](NC(=O)c1c(C)noc1C)C(=O)N1CCC[C@H]1C(=O)NC(Cc1csc2ccccc12)C(=O)C(F)(F)F. The number of nitrogens with one attached hydrogen (secondary N) is 2. The van der Waals surface area contributed by atoms with Crippen LogP contribution in [0, 0.1) is 13.8 Å². The quantitative estimate of drug-likeness (QED) is 0.398. The molecular weight excluding hydrogens is 549 g/mol. The van der Waals surface area contributed by atoms with Crippen molar-refractivity contribution >= 4 is 44.9 Å². The maximum absolute atomic E-state index is 13.5. The lowest BCUT2D eigenvalue weighted by Crippen LogP contribution is -2.56. The summed E-state index contributed by atoms with van der Waals surface area (Å²) >= 11 is 1.33. The van der Waals surface area contributed by atoms with E-state index in [1.807, 2.05) is 6.07 Å². The molecule has 3 atom stereocenters. The standard InChI is InChI=1S/C27H29F3N4O5S/c1-4-18(31-25(37)22-14(2)33-39-15(22)3)26(38)34-11-7-9-20(34)24(36)32-19(23(35)27(28,29)30)12-16-13-40-21-10-6-5-8-17(16)21/h5-6,8,10,13,18-20H,4,7,9,11-12H2,1-3H3,(H,31,37)(H,32,36)/t18-,19?,20-/m0/s1. The minimum atomic E-state index is -5.16. The molecule has 40 heavy (non-hydrogen) atoms. The molecule has 2 aromatic heterocycles. The van der Waals surface area contributed by atoms with E-state index in [1.54, 1.807) is 44.4 Å². The van der Waals surface area contributed by atoms with Gasteiger partial charge in [0.2, 0.25) is 11.8 Å². The van der Waals surface area contributed by atoms with Crippen LogP contribution in [-0.4, -0.2) is 64.4 Å². The largest absolute Gasteiger partial charge is 0.452 e. The lowest BCUT2D eigenvalue weighted by Gasteiger charge is -2.29. The molecule has 0 bridgehead atoms. The number of thiophene rings is 1. The summed E-state index contributed by atoms with van der Waals surface area (Å²) in [4.78, 5) is 53.1. The highest BCUT2D eigenvalue weighted by atomic mass is 32.1. The summed E-state index contributed by atoms with van der Waals surface area (Å²) in [6.45, 7) is 5.02. The van der Waals surface area contributed by atoms with Crippen LogP contribution >= 0.6 is 11.3 Å². The number of carbonyl (C=O) groups excluding carboxylic acids is 4. The van der Waals surface area contributed by atoms with Gasteiger partial charge in [0.05, 0.1) is 5.69 Å². The van der Waals surface area contributed by atoms with Crippen molar-refractivity contribution in [3.8, 4) is 0 Å². The molecule has 3 heterocycles. The third-order valence-corrected chi connectivity index (χ3v) is 8.02. The Kier molecular flexibility index (Phi) is 8.62. The van der Waals surface area contributed by atoms with Crippen LogP contribution in [0.4, 0.5) is 13.2 Å². The number of Topliss-reactive ketones (excluding diaryl/α,β-unsaturated/α-hetero) is 1. The summed E-state index contributed by atoms with van der Waals surface area (Å²) in [6.07, 6.45) is -4.66. The lowest BCUT2D eigenvalue weighted by molar-refractivity contribution is -0.173. The number of benzene rings is 1. The predicted octanol–water partition coefficient (Wildman–Crippen LogP) is 3.86. The number of alkyl halides is 3. The van der Waals surface area contributed by atoms with Crippen molar-refractivity contribution in [1.82, 2.24) is 20.7 Å². The Morgan fingerprint density at radius 2 is 1.88 bits per heavy atom. The Morgan fingerprint density at radius 1 is 1.15 bits per heavy atom. The molecule has 0 spiro atoms. The number of nitrogens with zero attached hydrogens (tertiary/aromatic N) is 2. The minimum Gasteiger partial charge on any atom is -0.361 e. The fourth-order valence-corrected chi connectivity index (χ4v) is 5.94. The molecule has 1 saturated heterocycles. The average Bonchev–Trinajstić information content (AvgIpc) is 3.64. The van der Waals surface area contributed by atoms with Crippen molar-refractivity contribution in [2.75, 3.05) is 6.54 Å². The van der Waals surface area contributed by atoms with Gasteiger partial charge in [0.1, 0.15) is 29.4 Å². The second kappa shape index (κ2) is 11.8.